The van der Waals surface area contributed by atoms with Gasteiger partial charge in [0.05, 0.1) is 28.0 Å². The Bertz CT molecular complexity index is 1730. The van der Waals surface area contributed by atoms with E-state index in [1.807, 2.05) is 67.8 Å². The summed E-state index contributed by atoms with van der Waals surface area (Å²) in [6.45, 7) is 3.84. The van der Waals surface area contributed by atoms with Gasteiger partial charge in [0.25, 0.3) is 0 Å². The third-order valence-electron chi connectivity index (χ3n) is 7.30. The van der Waals surface area contributed by atoms with Crippen molar-refractivity contribution in [3.05, 3.63) is 72.7 Å². The highest BCUT2D eigenvalue weighted by molar-refractivity contribution is 7.89. The molecule has 0 saturated heterocycles. The molecule has 8 nitrogen and oxygen atoms in total. The van der Waals surface area contributed by atoms with Gasteiger partial charge in [-0.15, -0.1) is 0 Å². The molecule has 1 atom stereocenters. The number of hydrogen-bond acceptors (Lipinski definition) is 6. The largest absolute Gasteiger partial charge is 0.377 e. The van der Waals surface area contributed by atoms with Crippen molar-refractivity contribution in [1.82, 2.24) is 19.3 Å². The predicted octanol–water partition coefficient (Wildman–Crippen LogP) is 5.01. The summed E-state index contributed by atoms with van der Waals surface area (Å²) >= 11 is 0. The first-order valence-electron chi connectivity index (χ1n) is 13.4. The summed E-state index contributed by atoms with van der Waals surface area (Å²) in [4.78, 5) is 12.0. The van der Waals surface area contributed by atoms with Gasteiger partial charge in [-0.3, -0.25) is 4.98 Å². The Labute approximate surface area is 229 Å². The van der Waals surface area contributed by atoms with E-state index in [0.29, 0.717) is 24.4 Å². The molecule has 0 radical (unpaired) electrons. The summed E-state index contributed by atoms with van der Waals surface area (Å²) in [5.74, 6) is 0.211. The number of aryl methyl sites for hydroxylation is 1. The van der Waals surface area contributed by atoms with Crippen LogP contribution in [-0.2, 0) is 16.6 Å². The van der Waals surface area contributed by atoms with Crippen molar-refractivity contribution in [2.45, 2.75) is 43.5 Å². The molecular weight excluding hydrogens is 508 g/mol. The fourth-order valence-electron chi connectivity index (χ4n) is 5.29. The number of aromatic nitrogens is 3. The molecule has 5 rings (SSSR count). The van der Waals surface area contributed by atoms with E-state index in [-0.39, 0.29) is 5.92 Å². The highest BCUT2D eigenvalue weighted by Gasteiger charge is 2.19. The average Bonchev–Trinajstić information content (AvgIpc) is 3.36. The van der Waals surface area contributed by atoms with E-state index in [1.54, 1.807) is 12.1 Å². The lowest BCUT2D eigenvalue weighted by molar-refractivity contribution is 0.569. The van der Waals surface area contributed by atoms with Gasteiger partial charge >= 0.3 is 0 Å². The standard InChI is InChI=1S/C30H36N6O2S/c1-21(16-17-31)28-29-30(24-10-4-5-13-25(24)34-28)36(20-32-29)19-7-6-18-33-39(37,38)27-15-9-11-22-23(27)12-8-14-26(22)35(2)3/h4-5,8-15,20-21,33H,6-7,16-19,31H2,1-3H3. The molecule has 204 valence electrons. The summed E-state index contributed by atoms with van der Waals surface area (Å²) < 4.78 is 31.5. The Morgan fingerprint density at radius 3 is 2.51 bits per heavy atom. The smallest absolute Gasteiger partial charge is 0.241 e. The van der Waals surface area contributed by atoms with Crippen molar-refractivity contribution in [1.29, 1.82) is 0 Å². The number of nitrogens with one attached hydrogen (secondary N) is 1. The highest BCUT2D eigenvalue weighted by atomic mass is 32.2. The summed E-state index contributed by atoms with van der Waals surface area (Å²) in [5.41, 5.74) is 10.7. The molecule has 0 fully saturated rings. The number of para-hydroxylation sites is 1. The Balaban J connectivity index is 1.31. The average molecular weight is 545 g/mol. The van der Waals surface area contributed by atoms with E-state index in [9.17, 15) is 8.42 Å². The minimum absolute atomic E-state index is 0.211. The van der Waals surface area contributed by atoms with Gasteiger partial charge in [0.1, 0.15) is 5.52 Å². The number of rotatable bonds is 11. The summed E-state index contributed by atoms with van der Waals surface area (Å²) in [6.07, 6.45) is 4.23. The molecule has 9 heteroatoms. The van der Waals surface area contributed by atoms with E-state index >= 15 is 0 Å². The van der Waals surface area contributed by atoms with Crippen LogP contribution in [0.3, 0.4) is 0 Å². The molecule has 3 N–H and O–H groups in total. The third kappa shape index (κ3) is 5.34. The van der Waals surface area contributed by atoms with Crippen molar-refractivity contribution >= 4 is 48.4 Å². The second-order valence-corrected chi connectivity index (χ2v) is 12.0. The quantitative estimate of drug-likeness (QED) is 0.226. The first-order valence-corrected chi connectivity index (χ1v) is 14.9. The zero-order valence-electron chi connectivity index (χ0n) is 22.8. The normalized spacial score (nSPS) is 12.9. The number of hydrogen-bond donors (Lipinski definition) is 2. The van der Waals surface area contributed by atoms with Crippen molar-refractivity contribution in [2.75, 3.05) is 32.1 Å². The van der Waals surface area contributed by atoms with Crippen LogP contribution >= 0.6 is 0 Å². The summed E-state index contributed by atoms with van der Waals surface area (Å²) in [5, 5.41) is 2.71. The summed E-state index contributed by atoms with van der Waals surface area (Å²) in [6, 6.07) is 19.3. The van der Waals surface area contributed by atoms with E-state index in [0.717, 1.165) is 63.5 Å². The Hall–Kier alpha value is -3.53. The molecule has 0 amide bonds. The molecule has 0 saturated carbocycles. The number of sulfonamides is 1. The van der Waals surface area contributed by atoms with E-state index in [4.69, 9.17) is 15.7 Å². The highest BCUT2D eigenvalue weighted by Crippen LogP contribution is 2.32. The van der Waals surface area contributed by atoms with Gasteiger partial charge in [0.2, 0.25) is 10.0 Å². The van der Waals surface area contributed by atoms with Crippen LogP contribution in [-0.4, -0.2) is 50.1 Å². The number of pyridine rings is 1. The van der Waals surface area contributed by atoms with Crippen LogP contribution in [0, 0.1) is 0 Å². The number of nitrogens with zero attached hydrogens (tertiary/aromatic N) is 4. The van der Waals surface area contributed by atoms with E-state index in [1.165, 1.54) is 0 Å². The Morgan fingerprint density at radius 1 is 0.974 bits per heavy atom. The number of benzene rings is 3. The number of nitrogens with two attached hydrogens (primary N) is 1. The van der Waals surface area contributed by atoms with Crippen LogP contribution in [0.1, 0.15) is 37.8 Å². The second kappa shape index (κ2) is 11.3. The molecule has 39 heavy (non-hydrogen) atoms. The number of unbranched alkanes of at least 4 members (excludes halogenated alkanes) is 1. The molecule has 5 aromatic rings. The van der Waals surface area contributed by atoms with Crippen LogP contribution < -0.4 is 15.4 Å². The zero-order valence-corrected chi connectivity index (χ0v) is 23.6. The molecule has 0 bridgehead atoms. The zero-order chi connectivity index (χ0) is 27.6. The lowest BCUT2D eigenvalue weighted by Crippen LogP contribution is -2.25. The molecule has 3 aromatic carbocycles. The molecule has 2 aromatic heterocycles. The molecule has 0 spiro atoms. The number of anilines is 1. The fraction of sp³-hybridized carbons (Fsp3) is 0.333. The van der Waals surface area contributed by atoms with Crippen LogP contribution in [0.4, 0.5) is 5.69 Å². The topological polar surface area (TPSA) is 106 Å². The minimum Gasteiger partial charge on any atom is -0.377 e. The molecule has 2 heterocycles. The second-order valence-electron chi connectivity index (χ2n) is 10.3. The van der Waals surface area contributed by atoms with Crippen LogP contribution in [0.25, 0.3) is 32.7 Å². The fourth-order valence-corrected chi connectivity index (χ4v) is 6.58. The van der Waals surface area contributed by atoms with Crippen LogP contribution in [0.2, 0.25) is 0 Å². The van der Waals surface area contributed by atoms with Crippen LogP contribution in [0.5, 0.6) is 0 Å². The summed E-state index contributed by atoms with van der Waals surface area (Å²) in [7, 11) is 0.260. The van der Waals surface area contributed by atoms with Crippen molar-refractivity contribution in [3.63, 3.8) is 0 Å². The van der Waals surface area contributed by atoms with Crippen molar-refractivity contribution in [2.24, 2.45) is 5.73 Å². The maximum Gasteiger partial charge on any atom is 0.241 e. The predicted molar refractivity (Wildman–Crippen MR) is 160 cm³/mol. The first kappa shape index (κ1) is 27.1. The molecule has 0 aliphatic heterocycles. The maximum absolute atomic E-state index is 13.2. The van der Waals surface area contributed by atoms with Crippen LogP contribution in [0.15, 0.2) is 71.9 Å². The van der Waals surface area contributed by atoms with Gasteiger partial charge in [-0.25, -0.2) is 18.1 Å². The monoisotopic (exact) mass is 544 g/mol. The molecular formula is C30H36N6O2S. The van der Waals surface area contributed by atoms with Gasteiger partial charge in [-0.1, -0.05) is 49.4 Å². The molecule has 0 aliphatic rings. The van der Waals surface area contributed by atoms with Gasteiger partial charge in [0, 0.05) is 54.9 Å². The maximum atomic E-state index is 13.2. The molecule has 1 unspecified atom stereocenters. The SMILES string of the molecule is CC(CCN)c1nc2ccccc2c2c1ncn2CCCCNS(=O)(=O)c1cccc2c(N(C)C)cccc12. The first-order chi connectivity index (χ1) is 18.8. The number of fused-ring (bicyclic) bond motifs is 4. The Morgan fingerprint density at radius 2 is 1.72 bits per heavy atom. The number of imidazole rings is 1. The van der Waals surface area contributed by atoms with Gasteiger partial charge in [-0.2, -0.15) is 0 Å². The Kier molecular flexibility index (Phi) is 7.83. The van der Waals surface area contributed by atoms with E-state index in [2.05, 4.69) is 22.3 Å². The van der Waals surface area contributed by atoms with Gasteiger partial charge in [0.15, 0.2) is 0 Å². The van der Waals surface area contributed by atoms with Crippen molar-refractivity contribution < 1.29 is 8.42 Å². The third-order valence-corrected chi connectivity index (χ3v) is 8.81. The minimum atomic E-state index is -3.65. The van der Waals surface area contributed by atoms with E-state index < -0.39 is 10.0 Å². The lowest BCUT2D eigenvalue weighted by atomic mass is 10.0. The van der Waals surface area contributed by atoms with Crippen molar-refractivity contribution in [3.8, 4) is 0 Å². The lowest BCUT2D eigenvalue weighted by Gasteiger charge is -2.17. The molecule has 0 aliphatic carbocycles. The van der Waals surface area contributed by atoms with Gasteiger partial charge < -0.3 is 15.2 Å². The van der Waals surface area contributed by atoms with Gasteiger partial charge in [-0.05, 0) is 44.0 Å².